The van der Waals surface area contributed by atoms with Crippen LogP contribution in [0.25, 0.3) is 0 Å². The number of carbonyl (C=O) groups excluding carboxylic acids is 2. The SMILES string of the molecule is CCN(CC)C(=S)SCC(=O)NCC(=O)Nc1ccc(F)c(F)c1F. The van der Waals surface area contributed by atoms with Gasteiger partial charge in [-0.25, -0.2) is 13.2 Å². The van der Waals surface area contributed by atoms with Gasteiger partial charge in [0.2, 0.25) is 11.8 Å². The van der Waals surface area contributed by atoms with E-state index < -0.39 is 41.5 Å². The summed E-state index contributed by atoms with van der Waals surface area (Å²) >= 11 is 6.34. The van der Waals surface area contributed by atoms with Crippen LogP contribution in [0, 0.1) is 17.5 Å². The van der Waals surface area contributed by atoms with Gasteiger partial charge in [-0.2, -0.15) is 0 Å². The smallest absolute Gasteiger partial charge is 0.243 e. The van der Waals surface area contributed by atoms with E-state index in [2.05, 4.69) is 10.6 Å². The molecule has 10 heteroatoms. The van der Waals surface area contributed by atoms with Gasteiger partial charge in [-0.15, -0.1) is 0 Å². The van der Waals surface area contributed by atoms with Crippen LogP contribution in [0.4, 0.5) is 18.9 Å². The van der Waals surface area contributed by atoms with Crippen LogP contribution < -0.4 is 10.6 Å². The predicted molar refractivity (Wildman–Crippen MR) is 95.9 cm³/mol. The summed E-state index contributed by atoms with van der Waals surface area (Å²) in [7, 11) is 0. The Bertz CT molecular complexity index is 655. The van der Waals surface area contributed by atoms with Crippen molar-refractivity contribution in [3.63, 3.8) is 0 Å². The number of rotatable bonds is 7. The molecule has 2 amide bonds. The van der Waals surface area contributed by atoms with Gasteiger partial charge in [0.05, 0.1) is 18.0 Å². The van der Waals surface area contributed by atoms with Crippen molar-refractivity contribution in [1.82, 2.24) is 10.2 Å². The average molecular weight is 393 g/mol. The molecule has 0 heterocycles. The Morgan fingerprint density at radius 2 is 1.76 bits per heavy atom. The maximum absolute atomic E-state index is 13.4. The van der Waals surface area contributed by atoms with Gasteiger partial charge in [0, 0.05) is 13.1 Å². The zero-order chi connectivity index (χ0) is 19.0. The lowest BCUT2D eigenvalue weighted by Crippen LogP contribution is -2.35. The molecule has 0 aliphatic heterocycles. The molecule has 0 unspecified atom stereocenters. The maximum atomic E-state index is 13.4. The minimum Gasteiger partial charge on any atom is -0.358 e. The molecule has 0 aliphatic carbocycles. The van der Waals surface area contributed by atoms with Crippen LogP contribution in [0.2, 0.25) is 0 Å². The van der Waals surface area contributed by atoms with E-state index in [4.69, 9.17) is 12.2 Å². The number of thiocarbonyl (C=S) groups is 1. The lowest BCUT2D eigenvalue weighted by molar-refractivity contribution is -0.122. The molecule has 1 rings (SSSR count). The highest BCUT2D eigenvalue weighted by Crippen LogP contribution is 2.19. The second kappa shape index (κ2) is 10.2. The third-order valence-electron chi connectivity index (χ3n) is 3.10. The minimum absolute atomic E-state index is 0.0299. The van der Waals surface area contributed by atoms with Crippen LogP contribution in [0.5, 0.6) is 0 Å². The predicted octanol–water partition coefficient (Wildman–Crippen LogP) is 2.52. The summed E-state index contributed by atoms with van der Waals surface area (Å²) in [5.74, 6) is -5.70. The largest absolute Gasteiger partial charge is 0.358 e. The third kappa shape index (κ3) is 6.54. The second-order valence-electron chi connectivity index (χ2n) is 4.77. The topological polar surface area (TPSA) is 61.4 Å². The molecule has 25 heavy (non-hydrogen) atoms. The summed E-state index contributed by atoms with van der Waals surface area (Å²) < 4.78 is 39.9. The number of hydrogen-bond acceptors (Lipinski definition) is 4. The van der Waals surface area contributed by atoms with Crippen molar-refractivity contribution in [2.45, 2.75) is 13.8 Å². The number of hydrogen-bond donors (Lipinski definition) is 2. The van der Waals surface area contributed by atoms with Gasteiger partial charge in [-0.1, -0.05) is 24.0 Å². The Kier molecular flexibility index (Phi) is 8.70. The number of amides is 2. The van der Waals surface area contributed by atoms with Crippen LogP contribution in [0.3, 0.4) is 0 Å². The molecule has 5 nitrogen and oxygen atoms in total. The summed E-state index contributed by atoms with van der Waals surface area (Å²) in [5.41, 5.74) is -0.504. The highest BCUT2D eigenvalue weighted by molar-refractivity contribution is 8.23. The van der Waals surface area contributed by atoms with Crippen LogP contribution in [0.1, 0.15) is 13.8 Å². The van der Waals surface area contributed by atoms with Gasteiger partial charge in [-0.3, -0.25) is 9.59 Å². The Morgan fingerprint density at radius 3 is 2.36 bits per heavy atom. The van der Waals surface area contributed by atoms with Crippen LogP contribution in [-0.2, 0) is 9.59 Å². The lowest BCUT2D eigenvalue weighted by atomic mass is 10.2. The second-order valence-corrected chi connectivity index (χ2v) is 6.38. The zero-order valence-electron chi connectivity index (χ0n) is 13.7. The molecule has 0 aromatic heterocycles. The van der Waals surface area contributed by atoms with Crippen LogP contribution in [0.15, 0.2) is 12.1 Å². The molecule has 0 aliphatic rings. The number of nitrogens with zero attached hydrogens (tertiary/aromatic N) is 1. The molecule has 0 fully saturated rings. The molecule has 2 N–H and O–H groups in total. The van der Waals surface area contributed by atoms with E-state index in [-0.39, 0.29) is 5.75 Å². The van der Waals surface area contributed by atoms with Crippen molar-refractivity contribution < 1.29 is 22.8 Å². The third-order valence-corrected chi connectivity index (χ3v) is 4.63. The quantitative estimate of drug-likeness (QED) is 0.551. The first-order valence-electron chi connectivity index (χ1n) is 7.41. The van der Waals surface area contributed by atoms with Crippen molar-refractivity contribution in [3.05, 3.63) is 29.6 Å². The van der Waals surface area contributed by atoms with Gasteiger partial charge in [0.15, 0.2) is 17.5 Å². The van der Waals surface area contributed by atoms with E-state index in [0.717, 1.165) is 19.2 Å². The monoisotopic (exact) mass is 393 g/mol. The summed E-state index contributed by atoms with van der Waals surface area (Å²) in [5, 5.41) is 4.40. The zero-order valence-corrected chi connectivity index (χ0v) is 15.3. The normalized spacial score (nSPS) is 10.3. The fourth-order valence-electron chi connectivity index (χ4n) is 1.75. The molecule has 1 aromatic rings. The van der Waals surface area contributed by atoms with Gasteiger partial charge >= 0.3 is 0 Å². The fourth-order valence-corrected chi connectivity index (χ4v) is 2.98. The van der Waals surface area contributed by atoms with Crippen molar-refractivity contribution in [1.29, 1.82) is 0 Å². The van der Waals surface area contributed by atoms with E-state index in [9.17, 15) is 22.8 Å². The highest BCUT2D eigenvalue weighted by atomic mass is 32.2. The average Bonchev–Trinajstić information content (AvgIpc) is 2.59. The molecule has 138 valence electrons. The standard InChI is InChI=1S/C15H18F3N3O2S2/c1-3-21(4-2)15(24)25-8-12(23)19-7-11(22)20-10-6-5-9(16)13(17)14(10)18/h5-6H,3-4,7-8H2,1-2H3,(H,19,23)(H,20,22). The van der Waals surface area contributed by atoms with E-state index in [1.54, 1.807) is 0 Å². The number of benzene rings is 1. The summed E-state index contributed by atoms with van der Waals surface area (Å²) in [6, 6.07) is 1.59. The number of nitrogens with one attached hydrogen (secondary N) is 2. The molecular weight excluding hydrogens is 375 g/mol. The van der Waals surface area contributed by atoms with Crippen molar-refractivity contribution in [3.8, 4) is 0 Å². The van der Waals surface area contributed by atoms with E-state index in [1.807, 2.05) is 18.7 Å². The van der Waals surface area contributed by atoms with Crippen molar-refractivity contribution in [2.24, 2.45) is 0 Å². The Morgan fingerprint density at radius 1 is 1.12 bits per heavy atom. The van der Waals surface area contributed by atoms with Crippen LogP contribution >= 0.6 is 24.0 Å². The van der Waals surface area contributed by atoms with E-state index >= 15 is 0 Å². The summed E-state index contributed by atoms with van der Waals surface area (Å²) in [4.78, 5) is 25.3. The first kappa shape index (κ1) is 21.2. The molecule has 0 radical (unpaired) electrons. The Labute approximate surface area is 153 Å². The highest BCUT2D eigenvalue weighted by Gasteiger charge is 2.16. The van der Waals surface area contributed by atoms with Gasteiger partial charge in [0.1, 0.15) is 4.32 Å². The molecule has 0 saturated carbocycles. The van der Waals surface area contributed by atoms with Crippen molar-refractivity contribution >= 4 is 45.8 Å². The first-order chi connectivity index (χ1) is 11.8. The summed E-state index contributed by atoms with van der Waals surface area (Å²) in [6.45, 7) is 4.91. The maximum Gasteiger partial charge on any atom is 0.243 e. The minimum atomic E-state index is -1.68. The van der Waals surface area contributed by atoms with Crippen LogP contribution in [-0.4, -0.2) is 46.4 Å². The lowest BCUT2D eigenvalue weighted by Gasteiger charge is -2.20. The summed E-state index contributed by atoms with van der Waals surface area (Å²) in [6.07, 6.45) is 0. The number of anilines is 1. The number of carbonyl (C=O) groups is 2. The molecule has 0 atom stereocenters. The van der Waals surface area contributed by atoms with Gasteiger partial charge in [-0.05, 0) is 26.0 Å². The van der Waals surface area contributed by atoms with E-state index in [0.29, 0.717) is 10.4 Å². The number of halogens is 3. The molecule has 0 bridgehead atoms. The molecule has 1 aromatic carbocycles. The Balaban J connectivity index is 2.43. The van der Waals surface area contributed by atoms with Crippen molar-refractivity contribution in [2.75, 3.05) is 30.7 Å². The molecule has 0 spiro atoms. The van der Waals surface area contributed by atoms with Gasteiger partial charge < -0.3 is 15.5 Å². The van der Waals surface area contributed by atoms with Gasteiger partial charge in [0.25, 0.3) is 0 Å². The molecule has 0 saturated heterocycles. The first-order valence-corrected chi connectivity index (χ1v) is 8.81. The molecular formula is C15H18F3N3O2S2. The Hall–Kier alpha value is -1.81. The fraction of sp³-hybridized carbons (Fsp3) is 0.400. The van der Waals surface area contributed by atoms with E-state index in [1.165, 1.54) is 11.8 Å². The number of thioether (sulfide) groups is 1.